The molecule has 5 rings (SSSR count). The van der Waals surface area contributed by atoms with E-state index in [1.807, 2.05) is 19.1 Å². The van der Waals surface area contributed by atoms with Crippen molar-refractivity contribution in [3.63, 3.8) is 0 Å². The van der Waals surface area contributed by atoms with E-state index in [2.05, 4.69) is 20.3 Å². The number of aromatic nitrogens is 4. The van der Waals surface area contributed by atoms with Crippen molar-refractivity contribution < 1.29 is 18.0 Å². The van der Waals surface area contributed by atoms with Crippen molar-refractivity contribution in [2.75, 3.05) is 5.32 Å². The van der Waals surface area contributed by atoms with Crippen molar-refractivity contribution in [3.8, 4) is 11.1 Å². The molecule has 3 aromatic heterocycles. The Kier molecular flexibility index (Phi) is 4.86. The molecule has 0 bridgehead atoms. The van der Waals surface area contributed by atoms with E-state index in [9.17, 15) is 18.0 Å². The molecule has 5 aromatic rings. The number of imidazole rings is 2. The molecule has 2 aromatic carbocycles. The Morgan fingerprint density at radius 1 is 1.09 bits per heavy atom. The van der Waals surface area contributed by atoms with Gasteiger partial charge in [0, 0.05) is 17.4 Å². The number of carbonyl (C=O) groups excluding carboxylic acids is 1. The van der Waals surface area contributed by atoms with Gasteiger partial charge >= 0.3 is 6.18 Å². The molecule has 0 saturated carbocycles. The molecule has 0 aliphatic heterocycles. The van der Waals surface area contributed by atoms with Gasteiger partial charge in [0.05, 0.1) is 16.6 Å². The number of fused-ring (bicyclic) bond motifs is 2. The Hall–Kier alpha value is -3.85. The van der Waals surface area contributed by atoms with Gasteiger partial charge in [-0.1, -0.05) is 23.7 Å². The average molecular weight is 470 g/mol. The van der Waals surface area contributed by atoms with Gasteiger partial charge in [-0.15, -0.1) is 0 Å². The first-order valence-corrected chi connectivity index (χ1v) is 10.2. The lowest BCUT2D eigenvalue weighted by molar-refractivity contribution is -0.137. The van der Waals surface area contributed by atoms with Crippen molar-refractivity contribution in [1.82, 2.24) is 19.4 Å². The summed E-state index contributed by atoms with van der Waals surface area (Å²) < 4.78 is 41.2. The van der Waals surface area contributed by atoms with Gasteiger partial charge in [0.25, 0.3) is 5.91 Å². The maximum Gasteiger partial charge on any atom is 0.416 e. The first kappa shape index (κ1) is 21.0. The van der Waals surface area contributed by atoms with Crippen LogP contribution in [0.15, 0.2) is 60.9 Å². The Balaban J connectivity index is 1.44. The highest BCUT2D eigenvalue weighted by Gasteiger charge is 2.31. The molecule has 0 saturated heterocycles. The summed E-state index contributed by atoms with van der Waals surface area (Å²) in [5.74, 6) is -0.245. The van der Waals surface area contributed by atoms with Crippen LogP contribution in [0.25, 0.3) is 27.8 Å². The van der Waals surface area contributed by atoms with Gasteiger partial charge < -0.3 is 9.38 Å². The Morgan fingerprint density at radius 3 is 2.67 bits per heavy atom. The number of halogens is 4. The van der Waals surface area contributed by atoms with Crippen molar-refractivity contribution >= 4 is 40.1 Å². The minimum absolute atomic E-state index is 0.0161. The van der Waals surface area contributed by atoms with Crippen LogP contribution in [-0.4, -0.2) is 25.3 Å². The van der Waals surface area contributed by atoms with Crippen molar-refractivity contribution in [3.05, 3.63) is 82.8 Å². The number of aryl methyl sites for hydroxylation is 1. The molecule has 0 spiro atoms. The quantitative estimate of drug-likeness (QED) is 0.335. The van der Waals surface area contributed by atoms with Crippen LogP contribution >= 0.6 is 11.6 Å². The summed E-state index contributed by atoms with van der Waals surface area (Å²) in [5, 5.41) is 2.66. The highest BCUT2D eigenvalue weighted by Crippen LogP contribution is 2.35. The fourth-order valence-electron chi connectivity index (χ4n) is 3.60. The zero-order valence-electron chi connectivity index (χ0n) is 17.0. The minimum atomic E-state index is -4.51. The summed E-state index contributed by atoms with van der Waals surface area (Å²) in [4.78, 5) is 24.4. The van der Waals surface area contributed by atoms with Crippen LogP contribution in [0, 0.1) is 6.92 Å². The van der Waals surface area contributed by atoms with Crippen molar-refractivity contribution in [2.45, 2.75) is 13.1 Å². The summed E-state index contributed by atoms with van der Waals surface area (Å²) >= 11 is 5.91. The first-order valence-electron chi connectivity index (χ1n) is 9.81. The summed E-state index contributed by atoms with van der Waals surface area (Å²) in [7, 11) is 0. The fraction of sp³-hybridized carbons (Fsp3) is 0.0870. The molecule has 166 valence electrons. The lowest BCUT2D eigenvalue weighted by Gasteiger charge is -2.10. The predicted octanol–water partition coefficient (Wildman–Crippen LogP) is 6.11. The van der Waals surface area contributed by atoms with Gasteiger partial charge in [-0.25, -0.2) is 9.97 Å². The van der Waals surface area contributed by atoms with Gasteiger partial charge in [-0.3, -0.25) is 10.1 Å². The Bertz CT molecular complexity index is 1540. The maximum absolute atomic E-state index is 13.1. The predicted molar refractivity (Wildman–Crippen MR) is 119 cm³/mol. The monoisotopic (exact) mass is 469 g/mol. The maximum atomic E-state index is 13.1. The van der Waals surface area contributed by atoms with E-state index in [1.54, 1.807) is 35.0 Å². The second-order valence-electron chi connectivity index (χ2n) is 7.55. The molecule has 2 N–H and O–H groups in total. The molecule has 1 amide bonds. The van der Waals surface area contributed by atoms with Crippen LogP contribution in [0.3, 0.4) is 0 Å². The smallest absolute Gasteiger partial charge is 0.324 e. The third-order valence-electron chi connectivity index (χ3n) is 5.18. The summed E-state index contributed by atoms with van der Waals surface area (Å²) in [6.45, 7) is 1.90. The number of aromatic amines is 1. The summed E-state index contributed by atoms with van der Waals surface area (Å²) in [6, 6.07) is 12.1. The number of anilines is 1. The second-order valence-corrected chi connectivity index (χ2v) is 7.98. The van der Waals surface area contributed by atoms with E-state index in [-0.39, 0.29) is 16.7 Å². The number of hydrogen-bond acceptors (Lipinski definition) is 3. The fourth-order valence-corrected chi connectivity index (χ4v) is 3.83. The molecular weight excluding hydrogens is 455 g/mol. The van der Waals surface area contributed by atoms with E-state index in [1.165, 1.54) is 6.07 Å². The number of rotatable bonds is 3. The number of nitrogens with one attached hydrogen (secondary N) is 2. The molecule has 0 aliphatic carbocycles. The minimum Gasteiger partial charge on any atom is -0.324 e. The molecule has 0 aliphatic rings. The van der Waals surface area contributed by atoms with E-state index >= 15 is 0 Å². The van der Waals surface area contributed by atoms with Crippen LogP contribution in [0.4, 0.5) is 19.1 Å². The normalized spacial score (nSPS) is 11.9. The number of alkyl halides is 3. The number of H-pyrrole nitrogens is 1. The molecule has 0 atom stereocenters. The lowest BCUT2D eigenvalue weighted by Crippen LogP contribution is -2.13. The third-order valence-corrected chi connectivity index (χ3v) is 5.40. The van der Waals surface area contributed by atoms with E-state index in [0.717, 1.165) is 17.7 Å². The molecule has 3 heterocycles. The van der Waals surface area contributed by atoms with Crippen LogP contribution in [0.2, 0.25) is 5.02 Å². The average Bonchev–Trinajstić information content (AvgIpc) is 3.36. The largest absolute Gasteiger partial charge is 0.416 e. The van der Waals surface area contributed by atoms with Crippen LogP contribution in [-0.2, 0) is 6.18 Å². The number of hydrogen-bond donors (Lipinski definition) is 2. The summed E-state index contributed by atoms with van der Waals surface area (Å²) in [5.41, 5.74) is 2.91. The van der Waals surface area contributed by atoms with Crippen molar-refractivity contribution in [1.29, 1.82) is 0 Å². The van der Waals surface area contributed by atoms with Gasteiger partial charge in [0.15, 0.2) is 0 Å². The Morgan fingerprint density at radius 2 is 1.91 bits per heavy atom. The van der Waals surface area contributed by atoms with Crippen LogP contribution in [0.5, 0.6) is 0 Å². The van der Waals surface area contributed by atoms with Gasteiger partial charge in [0.2, 0.25) is 5.95 Å². The standard InChI is InChI=1S/C23H15ClF3N5O/c1-12-3-2-6-32-11-19(28-20(12)32)21(33)31-22-29-17-5-4-13(9-18(17)30-22)14-7-15(23(25,26)27)10-16(24)8-14/h2-11H,1H3,(H2,29,30,31,33). The second kappa shape index (κ2) is 7.63. The topological polar surface area (TPSA) is 75.1 Å². The first-order chi connectivity index (χ1) is 15.7. The van der Waals surface area contributed by atoms with Crippen molar-refractivity contribution in [2.24, 2.45) is 0 Å². The molecule has 0 radical (unpaired) electrons. The van der Waals surface area contributed by atoms with E-state index in [4.69, 9.17) is 11.6 Å². The number of amides is 1. The lowest BCUT2D eigenvalue weighted by atomic mass is 10.0. The molecule has 0 unspecified atom stereocenters. The Labute approximate surface area is 190 Å². The molecule has 0 fully saturated rings. The number of pyridine rings is 1. The van der Waals surface area contributed by atoms with Crippen LogP contribution in [0.1, 0.15) is 21.6 Å². The highest BCUT2D eigenvalue weighted by atomic mass is 35.5. The van der Waals surface area contributed by atoms with E-state index in [0.29, 0.717) is 27.8 Å². The van der Waals surface area contributed by atoms with Gasteiger partial charge in [-0.05, 0) is 60.0 Å². The number of benzene rings is 2. The van der Waals surface area contributed by atoms with E-state index < -0.39 is 17.6 Å². The third kappa shape index (κ3) is 4.03. The van der Waals surface area contributed by atoms with Gasteiger partial charge in [0.1, 0.15) is 11.3 Å². The SMILES string of the molecule is Cc1cccn2cc(C(=O)Nc3nc4cc(-c5cc(Cl)cc(C(F)(F)F)c5)ccc4[nH]3)nc12. The van der Waals surface area contributed by atoms with Gasteiger partial charge in [-0.2, -0.15) is 13.2 Å². The number of carbonyl (C=O) groups is 1. The highest BCUT2D eigenvalue weighted by molar-refractivity contribution is 6.31. The number of nitrogens with zero attached hydrogens (tertiary/aromatic N) is 3. The summed E-state index contributed by atoms with van der Waals surface area (Å²) in [6.07, 6.45) is -1.09. The zero-order chi connectivity index (χ0) is 23.3. The molecular formula is C23H15ClF3N5O. The van der Waals surface area contributed by atoms with Crippen LogP contribution < -0.4 is 5.32 Å². The molecule has 10 heteroatoms. The molecule has 6 nitrogen and oxygen atoms in total. The molecule has 33 heavy (non-hydrogen) atoms. The zero-order valence-corrected chi connectivity index (χ0v) is 17.8.